The van der Waals surface area contributed by atoms with Crippen molar-refractivity contribution in [2.24, 2.45) is 0 Å². The predicted molar refractivity (Wildman–Crippen MR) is 52.2 cm³/mol. The number of aromatic amines is 1. The molecule has 0 aliphatic heterocycles. The minimum Gasteiger partial charge on any atom is -0.310 e. The summed E-state index contributed by atoms with van der Waals surface area (Å²) in [6, 6.07) is 0. The minimum atomic E-state index is 0.798. The highest BCUT2D eigenvalue weighted by Gasteiger charge is 1.93. The highest BCUT2D eigenvalue weighted by Crippen LogP contribution is 1.97. The van der Waals surface area contributed by atoms with Crippen LogP contribution in [0.5, 0.6) is 0 Å². The second-order valence-electron chi connectivity index (χ2n) is 3.17. The number of H-pyrrole nitrogens is 1. The second-order valence-corrected chi connectivity index (χ2v) is 3.17. The summed E-state index contributed by atoms with van der Waals surface area (Å²) >= 11 is 0. The average molecular weight is 182 g/mol. The fourth-order valence-electron chi connectivity index (χ4n) is 1.20. The molecule has 0 bridgehead atoms. The maximum atomic E-state index is 4.02. The Labute approximate surface area is 79.2 Å². The number of aromatic nitrogens is 3. The van der Waals surface area contributed by atoms with Crippen LogP contribution in [0.3, 0.4) is 0 Å². The van der Waals surface area contributed by atoms with Crippen LogP contribution in [0.25, 0.3) is 0 Å². The van der Waals surface area contributed by atoms with Gasteiger partial charge in [-0.25, -0.2) is 4.98 Å². The van der Waals surface area contributed by atoms with Gasteiger partial charge in [0.15, 0.2) is 0 Å². The molecule has 0 aromatic carbocycles. The molecule has 0 aliphatic carbocycles. The van der Waals surface area contributed by atoms with E-state index in [0.29, 0.717) is 0 Å². The number of nitrogens with zero attached hydrogens (tertiary/aromatic N) is 2. The average Bonchev–Trinajstić information content (AvgIpc) is 2.63. The Bertz CT molecular complexity index is 195. The Hall–Kier alpha value is -0.900. The third-order valence-electron chi connectivity index (χ3n) is 1.96. The van der Waals surface area contributed by atoms with E-state index in [1.54, 1.807) is 0 Å². The van der Waals surface area contributed by atoms with E-state index in [-0.39, 0.29) is 0 Å². The van der Waals surface area contributed by atoms with Crippen molar-refractivity contribution >= 4 is 0 Å². The van der Waals surface area contributed by atoms with Gasteiger partial charge in [0, 0.05) is 0 Å². The van der Waals surface area contributed by atoms with Crippen LogP contribution in [-0.2, 0) is 6.54 Å². The van der Waals surface area contributed by atoms with Crippen LogP contribution in [0, 0.1) is 0 Å². The first kappa shape index (κ1) is 10.2. The van der Waals surface area contributed by atoms with Gasteiger partial charge < -0.3 is 5.32 Å². The molecule has 0 radical (unpaired) electrons. The molecule has 0 saturated carbocycles. The zero-order chi connectivity index (χ0) is 9.36. The molecule has 13 heavy (non-hydrogen) atoms. The highest BCUT2D eigenvalue weighted by molar-refractivity contribution is 4.77. The number of unbranched alkanes of at least 4 members (excludes halogenated alkanes) is 3. The predicted octanol–water partition coefficient (Wildman–Crippen LogP) is 1.47. The van der Waals surface area contributed by atoms with Crippen LogP contribution in [0.4, 0.5) is 0 Å². The van der Waals surface area contributed by atoms with Crippen LogP contribution in [0.1, 0.15) is 38.4 Å². The van der Waals surface area contributed by atoms with Crippen molar-refractivity contribution in [3.8, 4) is 0 Å². The van der Waals surface area contributed by atoms with E-state index >= 15 is 0 Å². The van der Waals surface area contributed by atoms with Crippen LogP contribution >= 0.6 is 0 Å². The second kappa shape index (κ2) is 6.60. The van der Waals surface area contributed by atoms with Crippen LogP contribution in [0.15, 0.2) is 6.33 Å². The zero-order valence-corrected chi connectivity index (χ0v) is 8.21. The standard InChI is InChI=1S/C9H18N4/c1-2-3-4-5-6-10-7-9-11-8-12-13-9/h8,10H,2-7H2,1H3,(H,11,12,13). The van der Waals surface area contributed by atoms with Gasteiger partial charge in [0.05, 0.1) is 6.54 Å². The largest absolute Gasteiger partial charge is 0.310 e. The van der Waals surface area contributed by atoms with Crippen molar-refractivity contribution in [1.82, 2.24) is 20.5 Å². The van der Waals surface area contributed by atoms with Crippen LogP contribution < -0.4 is 5.32 Å². The van der Waals surface area contributed by atoms with Crippen molar-refractivity contribution < 1.29 is 0 Å². The van der Waals surface area contributed by atoms with Crippen LogP contribution in [0.2, 0.25) is 0 Å². The Morgan fingerprint density at radius 2 is 2.31 bits per heavy atom. The zero-order valence-electron chi connectivity index (χ0n) is 8.21. The Morgan fingerprint density at radius 3 is 3.00 bits per heavy atom. The number of hydrogen-bond donors (Lipinski definition) is 2. The minimum absolute atomic E-state index is 0.798. The summed E-state index contributed by atoms with van der Waals surface area (Å²) in [7, 11) is 0. The van der Waals surface area contributed by atoms with E-state index in [4.69, 9.17) is 0 Å². The summed E-state index contributed by atoms with van der Waals surface area (Å²) in [5.74, 6) is 0.912. The molecular formula is C9H18N4. The van der Waals surface area contributed by atoms with Gasteiger partial charge in [0.25, 0.3) is 0 Å². The summed E-state index contributed by atoms with van der Waals surface area (Å²) < 4.78 is 0. The van der Waals surface area contributed by atoms with Gasteiger partial charge in [-0.1, -0.05) is 26.2 Å². The van der Waals surface area contributed by atoms with Gasteiger partial charge in [-0.3, -0.25) is 5.10 Å². The lowest BCUT2D eigenvalue weighted by molar-refractivity contribution is 0.588. The van der Waals surface area contributed by atoms with Gasteiger partial charge in [0.2, 0.25) is 0 Å². The molecule has 1 aromatic heterocycles. The van der Waals surface area contributed by atoms with Gasteiger partial charge >= 0.3 is 0 Å². The molecular weight excluding hydrogens is 164 g/mol. The van der Waals surface area contributed by atoms with Crippen molar-refractivity contribution in [2.45, 2.75) is 39.2 Å². The van der Waals surface area contributed by atoms with E-state index in [0.717, 1.165) is 18.9 Å². The summed E-state index contributed by atoms with van der Waals surface area (Å²) in [5, 5.41) is 9.90. The first-order valence-corrected chi connectivity index (χ1v) is 4.98. The quantitative estimate of drug-likeness (QED) is 0.628. The monoisotopic (exact) mass is 182 g/mol. The van der Waals surface area contributed by atoms with Gasteiger partial charge in [-0.05, 0) is 13.0 Å². The maximum Gasteiger partial charge on any atom is 0.138 e. The van der Waals surface area contributed by atoms with Gasteiger partial charge in [-0.15, -0.1) is 0 Å². The Morgan fingerprint density at radius 1 is 1.38 bits per heavy atom. The van der Waals surface area contributed by atoms with E-state index in [1.165, 1.54) is 32.0 Å². The molecule has 0 amide bonds. The molecule has 1 aromatic rings. The summed E-state index contributed by atoms with van der Waals surface area (Å²) in [4.78, 5) is 4.02. The highest BCUT2D eigenvalue weighted by atomic mass is 15.2. The lowest BCUT2D eigenvalue weighted by atomic mass is 10.2. The molecule has 2 N–H and O–H groups in total. The molecule has 0 saturated heterocycles. The first-order valence-electron chi connectivity index (χ1n) is 4.98. The Kier molecular flexibility index (Phi) is 5.17. The molecule has 0 spiro atoms. The molecule has 0 atom stereocenters. The van der Waals surface area contributed by atoms with Crippen molar-refractivity contribution in [2.75, 3.05) is 6.54 Å². The number of nitrogens with one attached hydrogen (secondary N) is 2. The molecule has 1 heterocycles. The molecule has 0 aliphatic rings. The number of hydrogen-bond acceptors (Lipinski definition) is 3. The van der Waals surface area contributed by atoms with Crippen molar-refractivity contribution in [3.05, 3.63) is 12.2 Å². The van der Waals surface area contributed by atoms with Crippen molar-refractivity contribution in [1.29, 1.82) is 0 Å². The van der Waals surface area contributed by atoms with Crippen molar-refractivity contribution in [3.63, 3.8) is 0 Å². The summed E-state index contributed by atoms with van der Waals surface area (Å²) in [6.07, 6.45) is 6.74. The molecule has 4 nitrogen and oxygen atoms in total. The van der Waals surface area contributed by atoms with E-state index in [9.17, 15) is 0 Å². The molecule has 0 unspecified atom stereocenters. The first-order chi connectivity index (χ1) is 6.43. The van der Waals surface area contributed by atoms with E-state index < -0.39 is 0 Å². The SMILES string of the molecule is CCCCCCNCc1ncn[nH]1. The van der Waals surface area contributed by atoms with E-state index in [2.05, 4.69) is 27.4 Å². The molecule has 1 rings (SSSR count). The molecule has 74 valence electrons. The van der Waals surface area contributed by atoms with Crippen LogP contribution in [-0.4, -0.2) is 21.7 Å². The van der Waals surface area contributed by atoms with Gasteiger partial charge in [0.1, 0.15) is 12.2 Å². The third kappa shape index (κ3) is 4.62. The molecule has 0 fully saturated rings. The fourth-order valence-corrected chi connectivity index (χ4v) is 1.20. The lowest BCUT2D eigenvalue weighted by Crippen LogP contribution is -2.15. The molecule has 4 heteroatoms. The summed E-state index contributed by atoms with van der Waals surface area (Å²) in [6.45, 7) is 4.09. The Balaban J connectivity index is 1.90. The summed E-state index contributed by atoms with van der Waals surface area (Å²) in [5.41, 5.74) is 0. The van der Waals surface area contributed by atoms with Gasteiger partial charge in [-0.2, -0.15) is 5.10 Å². The lowest BCUT2D eigenvalue weighted by Gasteiger charge is -2.01. The maximum absolute atomic E-state index is 4.02. The fraction of sp³-hybridized carbons (Fsp3) is 0.778. The number of rotatable bonds is 7. The topological polar surface area (TPSA) is 53.6 Å². The normalized spacial score (nSPS) is 10.5. The van der Waals surface area contributed by atoms with E-state index in [1.807, 2.05) is 0 Å². The third-order valence-corrected chi connectivity index (χ3v) is 1.96. The smallest absolute Gasteiger partial charge is 0.138 e.